The van der Waals surface area contributed by atoms with Crippen molar-refractivity contribution in [3.05, 3.63) is 29.8 Å². The van der Waals surface area contributed by atoms with Gasteiger partial charge in [-0.05, 0) is 24.5 Å². The molecule has 0 bridgehead atoms. The van der Waals surface area contributed by atoms with Crippen molar-refractivity contribution in [2.75, 3.05) is 0 Å². The van der Waals surface area contributed by atoms with Crippen molar-refractivity contribution >= 4 is 0 Å². The predicted octanol–water partition coefficient (Wildman–Crippen LogP) is 1.80. The molecular formula is C15H25CsO. The van der Waals surface area contributed by atoms with Gasteiger partial charge in [-0.1, -0.05) is 63.6 Å². The molecule has 0 atom stereocenters. The summed E-state index contributed by atoms with van der Waals surface area (Å²) in [4.78, 5) is 0. The van der Waals surface area contributed by atoms with Crippen molar-refractivity contribution in [1.29, 1.82) is 0 Å². The normalized spacial score (nSPS) is 9.94. The van der Waals surface area contributed by atoms with Crippen molar-refractivity contribution in [3.63, 3.8) is 0 Å². The molecule has 0 aliphatic rings. The van der Waals surface area contributed by atoms with Crippen LogP contribution in [0.2, 0.25) is 0 Å². The van der Waals surface area contributed by atoms with Crippen LogP contribution >= 0.6 is 0 Å². The van der Waals surface area contributed by atoms with Crippen LogP contribution in [-0.2, 0) is 6.42 Å². The summed E-state index contributed by atoms with van der Waals surface area (Å²) in [5, 5.41) is 9.58. The van der Waals surface area contributed by atoms with Gasteiger partial charge in [-0.2, -0.15) is 0 Å². The molecule has 0 unspecified atom stereocenters. The fraction of sp³-hybridized carbons (Fsp3) is 0.600. The van der Waals surface area contributed by atoms with Crippen molar-refractivity contribution < 1.29 is 75.4 Å². The second-order valence-electron chi connectivity index (χ2n) is 4.50. The van der Waals surface area contributed by atoms with E-state index in [1.54, 1.807) is 6.07 Å². The zero-order chi connectivity index (χ0) is 11.6. The van der Waals surface area contributed by atoms with Gasteiger partial charge >= 0.3 is 68.9 Å². The zero-order valence-electron chi connectivity index (χ0n) is 12.4. The van der Waals surface area contributed by atoms with E-state index in [1.807, 2.05) is 18.2 Å². The first-order chi connectivity index (χ1) is 7.84. The standard InChI is InChI=1S/C15H24O.Cs.H/c1-2-3-4-5-6-7-8-11-14-12-9-10-13-15(14)16;;/h9-10,12-13,16H,2-8,11H2,1H3;;/q;+1;-1. The van der Waals surface area contributed by atoms with E-state index in [2.05, 4.69) is 6.92 Å². The fourth-order valence-corrected chi connectivity index (χ4v) is 1.99. The summed E-state index contributed by atoms with van der Waals surface area (Å²) in [5.74, 6) is 0.452. The van der Waals surface area contributed by atoms with Crippen LogP contribution in [0.5, 0.6) is 5.75 Å². The average molecular weight is 354 g/mol. The van der Waals surface area contributed by atoms with Gasteiger partial charge < -0.3 is 6.53 Å². The molecule has 0 aliphatic heterocycles. The minimum atomic E-state index is 0. The Hall–Kier alpha value is 1.07. The van der Waals surface area contributed by atoms with Crippen LogP contribution in [0, 0.1) is 0 Å². The maximum atomic E-state index is 9.58. The van der Waals surface area contributed by atoms with E-state index < -0.39 is 0 Å². The molecule has 0 aliphatic carbocycles. The minimum absolute atomic E-state index is 0. The molecule has 0 fully saturated rings. The second-order valence-corrected chi connectivity index (χ2v) is 4.50. The van der Waals surface area contributed by atoms with Crippen LogP contribution in [-0.4, -0.2) is 5.11 Å². The van der Waals surface area contributed by atoms with Crippen LogP contribution in [0.1, 0.15) is 58.9 Å². The van der Waals surface area contributed by atoms with Gasteiger partial charge in [-0.25, -0.2) is 0 Å². The zero-order valence-corrected chi connectivity index (χ0v) is 17.7. The number of unbranched alkanes of at least 4 members (excludes halogenated alkanes) is 6. The van der Waals surface area contributed by atoms with E-state index in [0.717, 1.165) is 12.0 Å². The van der Waals surface area contributed by atoms with Crippen molar-refractivity contribution in [2.45, 2.75) is 58.3 Å². The fourth-order valence-electron chi connectivity index (χ4n) is 1.99. The molecule has 17 heavy (non-hydrogen) atoms. The van der Waals surface area contributed by atoms with Gasteiger partial charge in [0.1, 0.15) is 5.75 Å². The second kappa shape index (κ2) is 12.1. The first-order valence-corrected chi connectivity index (χ1v) is 6.61. The molecule has 2 heteroatoms. The summed E-state index contributed by atoms with van der Waals surface area (Å²) < 4.78 is 0. The summed E-state index contributed by atoms with van der Waals surface area (Å²) in [6.45, 7) is 2.25. The number of aryl methyl sites for hydroxylation is 1. The number of para-hydroxylation sites is 1. The summed E-state index contributed by atoms with van der Waals surface area (Å²) in [7, 11) is 0. The smallest absolute Gasteiger partial charge is 1.00 e. The number of hydrogen-bond donors (Lipinski definition) is 1. The SMILES string of the molecule is CCCCCCCCCc1ccccc1O.[Cs+].[H-]. The Morgan fingerprint density at radius 1 is 0.941 bits per heavy atom. The van der Waals surface area contributed by atoms with Crippen molar-refractivity contribution in [2.24, 2.45) is 0 Å². The third-order valence-electron chi connectivity index (χ3n) is 3.04. The number of benzene rings is 1. The molecule has 1 nitrogen and oxygen atoms in total. The van der Waals surface area contributed by atoms with Gasteiger partial charge in [-0.3, -0.25) is 0 Å². The minimum Gasteiger partial charge on any atom is -1.00 e. The molecular weight excluding hydrogens is 329 g/mol. The quantitative estimate of drug-likeness (QED) is 0.706. The van der Waals surface area contributed by atoms with Crippen molar-refractivity contribution in [3.8, 4) is 5.75 Å². The Kier molecular flexibility index (Phi) is 12.9. The van der Waals surface area contributed by atoms with E-state index >= 15 is 0 Å². The van der Waals surface area contributed by atoms with Crippen molar-refractivity contribution in [1.82, 2.24) is 0 Å². The number of rotatable bonds is 8. The number of phenols is 1. The Labute approximate surface area is 166 Å². The van der Waals surface area contributed by atoms with Crippen LogP contribution in [0.25, 0.3) is 0 Å². The van der Waals surface area contributed by atoms with Gasteiger partial charge in [0, 0.05) is 0 Å². The molecule has 0 aromatic heterocycles. The third-order valence-corrected chi connectivity index (χ3v) is 3.04. The number of hydrogen-bond acceptors (Lipinski definition) is 1. The Morgan fingerprint density at radius 3 is 2.18 bits per heavy atom. The molecule has 1 rings (SSSR count). The van der Waals surface area contributed by atoms with Crippen LogP contribution in [0.15, 0.2) is 24.3 Å². The Bertz CT molecular complexity index is 292. The molecule has 0 radical (unpaired) electrons. The number of aromatic hydroxyl groups is 1. The summed E-state index contributed by atoms with van der Waals surface area (Å²) in [6.07, 6.45) is 10.3. The first-order valence-electron chi connectivity index (χ1n) is 6.61. The monoisotopic (exact) mass is 354 g/mol. The Balaban J connectivity index is 0. The predicted molar refractivity (Wildman–Crippen MR) is 70.9 cm³/mol. The van der Waals surface area contributed by atoms with Gasteiger partial charge in [0.15, 0.2) is 0 Å². The Morgan fingerprint density at radius 2 is 1.53 bits per heavy atom. The maximum absolute atomic E-state index is 9.58. The van der Waals surface area contributed by atoms with E-state index in [1.165, 1.54) is 44.9 Å². The summed E-state index contributed by atoms with van der Waals surface area (Å²) in [5.41, 5.74) is 1.09. The summed E-state index contributed by atoms with van der Waals surface area (Å²) >= 11 is 0. The molecule has 1 aromatic rings. The largest absolute Gasteiger partial charge is 1.00 e. The van der Waals surface area contributed by atoms with E-state index in [4.69, 9.17) is 0 Å². The molecule has 0 saturated heterocycles. The van der Waals surface area contributed by atoms with Gasteiger partial charge in [0.25, 0.3) is 0 Å². The molecule has 92 valence electrons. The summed E-state index contributed by atoms with van der Waals surface area (Å²) in [6, 6.07) is 7.67. The third kappa shape index (κ3) is 8.73. The first kappa shape index (κ1) is 18.1. The van der Waals surface area contributed by atoms with Crippen LogP contribution in [0.4, 0.5) is 0 Å². The molecule has 1 N–H and O–H groups in total. The molecule has 0 amide bonds. The van der Waals surface area contributed by atoms with E-state index in [0.29, 0.717) is 5.75 Å². The maximum Gasteiger partial charge on any atom is 1.00 e. The number of phenolic OH excluding ortho intramolecular Hbond substituents is 1. The van der Waals surface area contributed by atoms with Gasteiger partial charge in [0.2, 0.25) is 0 Å². The molecule has 0 heterocycles. The topological polar surface area (TPSA) is 20.2 Å². The average Bonchev–Trinajstić information content (AvgIpc) is 2.30. The van der Waals surface area contributed by atoms with E-state index in [9.17, 15) is 5.11 Å². The van der Waals surface area contributed by atoms with Crippen LogP contribution < -0.4 is 68.9 Å². The van der Waals surface area contributed by atoms with Crippen LogP contribution in [0.3, 0.4) is 0 Å². The molecule has 0 saturated carbocycles. The van der Waals surface area contributed by atoms with Gasteiger partial charge in [0.05, 0.1) is 0 Å². The molecule has 1 aromatic carbocycles. The van der Waals surface area contributed by atoms with E-state index in [-0.39, 0.29) is 70.3 Å². The molecule has 0 spiro atoms. The van der Waals surface area contributed by atoms with Gasteiger partial charge in [-0.15, -0.1) is 0 Å².